The minimum absolute atomic E-state index is 0.206. The molecule has 0 amide bonds. The third kappa shape index (κ3) is 10.2. The van der Waals surface area contributed by atoms with Crippen LogP contribution in [0.5, 0.6) is 0 Å². The molecule has 0 aliphatic heterocycles. The highest BCUT2D eigenvalue weighted by Crippen LogP contribution is 2.11. The fourth-order valence-electron chi connectivity index (χ4n) is 1.20. The first-order valence-corrected chi connectivity index (χ1v) is 5.07. The van der Waals surface area contributed by atoms with Gasteiger partial charge in [-0.1, -0.05) is 26.7 Å². The first kappa shape index (κ1) is 15.7. The third-order valence-corrected chi connectivity index (χ3v) is 1.93. The average molecular weight is 240 g/mol. The number of nitrogens with zero attached hydrogens (tertiary/aromatic N) is 2. The molecule has 1 unspecified atom stereocenters. The molecule has 0 heterocycles. The lowest BCUT2D eigenvalue weighted by atomic mass is 10.0. The van der Waals surface area contributed by atoms with Crippen LogP contribution in [-0.4, -0.2) is 44.3 Å². The van der Waals surface area contributed by atoms with Gasteiger partial charge in [-0.15, -0.1) is 0 Å². The minimum Gasteiger partial charge on any atom is -0.266 e. The summed E-state index contributed by atoms with van der Waals surface area (Å²) in [6.07, 6.45) is 1.59. The van der Waals surface area contributed by atoms with E-state index in [-0.39, 0.29) is 6.61 Å². The fraction of sp³-hybridized carbons (Fsp3) is 1.00. The van der Waals surface area contributed by atoms with Crippen LogP contribution in [0.4, 0.5) is 0 Å². The highest BCUT2D eigenvalue weighted by atomic mass is 17.1. The van der Waals surface area contributed by atoms with E-state index in [2.05, 4.69) is 23.5 Å². The molecule has 0 aromatic carbocycles. The Balaban J connectivity index is 3.81. The Bertz CT molecular complexity index is 167. The van der Waals surface area contributed by atoms with Crippen LogP contribution in [0.25, 0.3) is 0 Å². The molecule has 0 bridgehead atoms. The second kappa shape index (κ2) is 8.79. The summed E-state index contributed by atoms with van der Waals surface area (Å²) in [5, 5.41) is 32.7. The van der Waals surface area contributed by atoms with E-state index in [1.54, 1.807) is 0 Å². The van der Waals surface area contributed by atoms with E-state index in [4.69, 9.17) is 20.8 Å². The van der Waals surface area contributed by atoms with Crippen molar-refractivity contribution in [3.05, 3.63) is 0 Å². The lowest BCUT2D eigenvalue weighted by Gasteiger charge is -2.19. The van der Waals surface area contributed by atoms with Crippen molar-refractivity contribution in [2.24, 2.45) is 5.92 Å². The van der Waals surface area contributed by atoms with Crippen LogP contribution in [0.1, 0.15) is 33.1 Å². The molecule has 0 saturated carbocycles. The van der Waals surface area contributed by atoms with Crippen molar-refractivity contribution in [3.63, 3.8) is 0 Å². The zero-order valence-electron chi connectivity index (χ0n) is 9.48. The van der Waals surface area contributed by atoms with Gasteiger partial charge in [0, 0.05) is 0 Å². The van der Waals surface area contributed by atoms with Gasteiger partial charge in [0.25, 0.3) is 0 Å². The molecule has 8 nitrogen and oxygen atoms in total. The van der Waals surface area contributed by atoms with E-state index in [1.807, 2.05) is 0 Å². The second-order valence-electron chi connectivity index (χ2n) is 3.85. The summed E-state index contributed by atoms with van der Waals surface area (Å²) in [6.45, 7) is 3.93. The maximum atomic E-state index is 8.47. The Hall–Kier alpha value is -0.320. The summed E-state index contributed by atoms with van der Waals surface area (Å²) in [4.78, 5) is 8.89. The van der Waals surface area contributed by atoms with Crippen molar-refractivity contribution in [3.8, 4) is 0 Å². The van der Waals surface area contributed by atoms with Crippen LogP contribution in [0.3, 0.4) is 0 Å². The van der Waals surface area contributed by atoms with Gasteiger partial charge in [0.05, 0.1) is 10.8 Å². The van der Waals surface area contributed by atoms with Gasteiger partial charge >= 0.3 is 0 Å². The first-order valence-electron chi connectivity index (χ1n) is 5.07. The largest absolute Gasteiger partial charge is 0.266 e. The predicted molar refractivity (Wildman–Crippen MR) is 50.3 cm³/mol. The average Bonchev–Trinajstić information content (AvgIpc) is 2.12. The molecule has 0 rings (SSSR count). The maximum Gasteiger partial charge on any atom is 0.110 e. The smallest absolute Gasteiger partial charge is 0.110 e. The Labute approximate surface area is 93.9 Å². The minimum atomic E-state index is -0.671. The quantitative estimate of drug-likeness (QED) is 0.445. The standard InChI is InChI=1S/C8H20N2O6/c1-7(2)4-3-5-8(16-10(13)14)6-15-9(11)12/h7-8,11-14H,3-6H2,1-2H3. The lowest BCUT2D eigenvalue weighted by molar-refractivity contribution is -0.527. The predicted octanol–water partition coefficient (Wildman–Crippen LogP) is 1.21. The molecule has 0 aromatic heterocycles. The van der Waals surface area contributed by atoms with Crippen molar-refractivity contribution < 1.29 is 30.5 Å². The van der Waals surface area contributed by atoms with Crippen LogP contribution in [0, 0.1) is 5.92 Å². The summed E-state index contributed by atoms with van der Waals surface area (Å²) in [5.41, 5.74) is 0. The van der Waals surface area contributed by atoms with E-state index < -0.39 is 16.9 Å². The van der Waals surface area contributed by atoms with Gasteiger partial charge in [0.2, 0.25) is 0 Å². The Morgan fingerprint density at radius 1 is 1.00 bits per heavy atom. The summed E-state index contributed by atoms with van der Waals surface area (Å²) >= 11 is 0. The van der Waals surface area contributed by atoms with Gasteiger partial charge < -0.3 is 0 Å². The van der Waals surface area contributed by atoms with Gasteiger partial charge in [-0.25, -0.2) is 9.68 Å². The van der Waals surface area contributed by atoms with Gasteiger partial charge in [-0.3, -0.25) is 20.8 Å². The number of hydrogen-bond donors (Lipinski definition) is 4. The molecular formula is C8H20N2O6. The van der Waals surface area contributed by atoms with E-state index in [1.165, 1.54) is 0 Å². The summed E-state index contributed by atoms with van der Waals surface area (Å²) in [7, 11) is 0. The highest BCUT2D eigenvalue weighted by Gasteiger charge is 2.15. The molecule has 1 atom stereocenters. The molecule has 8 heteroatoms. The van der Waals surface area contributed by atoms with Crippen molar-refractivity contribution >= 4 is 0 Å². The molecule has 0 radical (unpaired) electrons. The van der Waals surface area contributed by atoms with Crippen molar-refractivity contribution in [1.82, 2.24) is 10.8 Å². The SMILES string of the molecule is CC(C)CCCC(CON(O)O)ON(O)O. The summed E-state index contributed by atoms with van der Waals surface area (Å²) < 4.78 is 0. The molecule has 0 spiro atoms. The molecule has 4 N–H and O–H groups in total. The molecular weight excluding hydrogens is 220 g/mol. The highest BCUT2D eigenvalue weighted by molar-refractivity contribution is 4.56. The second-order valence-corrected chi connectivity index (χ2v) is 3.85. The molecule has 0 saturated heterocycles. The molecule has 0 aliphatic rings. The van der Waals surface area contributed by atoms with E-state index in [0.717, 1.165) is 12.8 Å². The van der Waals surface area contributed by atoms with Gasteiger partial charge in [-0.2, -0.15) is 0 Å². The first-order chi connectivity index (χ1) is 7.41. The topological polar surface area (TPSA) is 106 Å². The Morgan fingerprint density at radius 2 is 1.62 bits per heavy atom. The fourth-order valence-corrected chi connectivity index (χ4v) is 1.20. The summed E-state index contributed by atoms with van der Waals surface area (Å²) in [5.74, 6) is 0.535. The van der Waals surface area contributed by atoms with Gasteiger partial charge in [0.15, 0.2) is 0 Å². The monoisotopic (exact) mass is 240 g/mol. The maximum absolute atomic E-state index is 8.47. The van der Waals surface area contributed by atoms with Gasteiger partial charge in [-0.05, 0) is 12.3 Å². The zero-order valence-corrected chi connectivity index (χ0v) is 9.48. The van der Waals surface area contributed by atoms with E-state index in [0.29, 0.717) is 12.3 Å². The van der Waals surface area contributed by atoms with Crippen molar-refractivity contribution in [2.75, 3.05) is 6.61 Å². The number of hydrogen-bond acceptors (Lipinski definition) is 8. The Morgan fingerprint density at radius 3 is 2.06 bits per heavy atom. The lowest BCUT2D eigenvalue weighted by Crippen LogP contribution is -2.31. The summed E-state index contributed by atoms with van der Waals surface area (Å²) in [6, 6.07) is 0. The van der Waals surface area contributed by atoms with Crippen LogP contribution < -0.4 is 0 Å². The van der Waals surface area contributed by atoms with Gasteiger partial charge in [0.1, 0.15) is 12.7 Å². The molecule has 16 heavy (non-hydrogen) atoms. The van der Waals surface area contributed by atoms with Crippen molar-refractivity contribution in [2.45, 2.75) is 39.2 Å². The van der Waals surface area contributed by atoms with Crippen LogP contribution in [-0.2, 0) is 9.68 Å². The number of rotatable bonds is 9. The Kier molecular flexibility index (Phi) is 8.61. The van der Waals surface area contributed by atoms with E-state index >= 15 is 0 Å². The third-order valence-electron chi connectivity index (χ3n) is 1.93. The van der Waals surface area contributed by atoms with Crippen molar-refractivity contribution in [1.29, 1.82) is 0 Å². The molecule has 98 valence electrons. The zero-order chi connectivity index (χ0) is 12.6. The van der Waals surface area contributed by atoms with E-state index in [9.17, 15) is 0 Å². The van der Waals surface area contributed by atoms with Crippen LogP contribution >= 0.6 is 0 Å². The van der Waals surface area contributed by atoms with Crippen LogP contribution in [0.15, 0.2) is 0 Å². The normalized spacial score (nSPS) is 14.1. The molecule has 0 fully saturated rings. The van der Waals surface area contributed by atoms with Crippen LogP contribution in [0.2, 0.25) is 0 Å². The molecule has 0 aromatic rings. The molecule has 0 aliphatic carbocycles.